The van der Waals surface area contributed by atoms with E-state index in [2.05, 4.69) is 35.7 Å². The summed E-state index contributed by atoms with van der Waals surface area (Å²) in [6.07, 6.45) is 2.36. The number of nitrogen functional groups attached to an aromatic ring is 2. The number of hydrogen-bond acceptors (Lipinski definition) is 7. The SMILES string of the molecule is CCc1nc(C(C)C)c(Oc2cnc(N)nc2N)s1. The van der Waals surface area contributed by atoms with Gasteiger partial charge in [0.1, 0.15) is 0 Å². The minimum absolute atomic E-state index is 0.132. The van der Waals surface area contributed by atoms with E-state index in [0.29, 0.717) is 5.75 Å². The summed E-state index contributed by atoms with van der Waals surface area (Å²) in [6.45, 7) is 6.21. The van der Waals surface area contributed by atoms with Crippen LogP contribution in [0.15, 0.2) is 6.20 Å². The number of hydrogen-bond donors (Lipinski definition) is 2. The first kappa shape index (κ1) is 13.5. The summed E-state index contributed by atoms with van der Waals surface area (Å²) in [5, 5.41) is 1.78. The van der Waals surface area contributed by atoms with Crippen LogP contribution in [0.4, 0.5) is 11.8 Å². The quantitative estimate of drug-likeness (QED) is 0.892. The van der Waals surface area contributed by atoms with Crippen LogP contribution < -0.4 is 16.2 Å². The van der Waals surface area contributed by atoms with E-state index < -0.39 is 0 Å². The number of anilines is 2. The molecule has 2 rings (SSSR count). The van der Waals surface area contributed by atoms with Gasteiger partial charge >= 0.3 is 0 Å². The van der Waals surface area contributed by atoms with Crippen LogP contribution in [0.3, 0.4) is 0 Å². The van der Waals surface area contributed by atoms with Crippen LogP contribution in [0.1, 0.15) is 37.4 Å². The van der Waals surface area contributed by atoms with Gasteiger partial charge in [0, 0.05) is 5.92 Å². The Morgan fingerprint density at radius 2 is 2.05 bits per heavy atom. The standard InChI is InChI=1S/C12H17N5OS/c1-4-8-16-9(6(2)3)11(19-8)18-7-5-15-12(14)17-10(7)13/h5-6H,4H2,1-3H3,(H4,13,14,15,17). The van der Waals surface area contributed by atoms with Gasteiger partial charge in [0.25, 0.3) is 0 Å². The molecule has 2 aromatic heterocycles. The minimum atomic E-state index is 0.132. The Morgan fingerprint density at radius 1 is 1.32 bits per heavy atom. The smallest absolute Gasteiger partial charge is 0.222 e. The highest BCUT2D eigenvalue weighted by atomic mass is 32.1. The van der Waals surface area contributed by atoms with E-state index in [9.17, 15) is 0 Å². The van der Waals surface area contributed by atoms with Crippen molar-refractivity contribution in [2.75, 3.05) is 11.5 Å². The van der Waals surface area contributed by atoms with Crippen LogP contribution in [0.25, 0.3) is 0 Å². The van der Waals surface area contributed by atoms with E-state index in [-0.39, 0.29) is 17.7 Å². The Kier molecular flexibility index (Phi) is 3.84. The lowest BCUT2D eigenvalue weighted by atomic mass is 10.1. The number of nitrogens with zero attached hydrogens (tertiary/aromatic N) is 3. The average molecular weight is 279 g/mol. The molecule has 0 aliphatic heterocycles. The molecule has 0 bridgehead atoms. The van der Waals surface area contributed by atoms with Gasteiger partial charge in [-0.3, -0.25) is 0 Å². The molecule has 0 saturated carbocycles. The molecule has 0 amide bonds. The Bertz CT molecular complexity index is 581. The molecule has 19 heavy (non-hydrogen) atoms. The van der Waals surface area contributed by atoms with Gasteiger partial charge < -0.3 is 16.2 Å². The topological polar surface area (TPSA) is 99.9 Å². The van der Waals surface area contributed by atoms with E-state index in [1.54, 1.807) is 0 Å². The molecule has 0 aliphatic rings. The van der Waals surface area contributed by atoms with Crippen LogP contribution in [-0.2, 0) is 6.42 Å². The molecule has 0 aliphatic carbocycles. The zero-order chi connectivity index (χ0) is 14.0. The normalized spacial score (nSPS) is 10.9. The Balaban J connectivity index is 2.34. The molecule has 2 heterocycles. The van der Waals surface area contributed by atoms with Crippen molar-refractivity contribution >= 4 is 23.1 Å². The lowest BCUT2D eigenvalue weighted by molar-refractivity contribution is 0.482. The van der Waals surface area contributed by atoms with Crippen LogP contribution in [0.5, 0.6) is 10.8 Å². The fraction of sp³-hybridized carbons (Fsp3) is 0.417. The lowest BCUT2D eigenvalue weighted by Gasteiger charge is -2.08. The third-order valence-electron chi connectivity index (χ3n) is 2.52. The highest BCUT2D eigenvalue weighted by Crippen LogP contribution is 2.37. The summed E-state index contributed by atoms with van der Waals surface area (Å²) < 4.78 is 5.79. The predicted octanol–water partition coefficient (Wildman–Crippen LogP) is 2.58. The molecule has 6 nitrogen and oxygen atoms in total. The molecule has 2 aromatic rings. The van der Waals surface area contributed by atoms with E-state index in [4.69, 9.17) is 16.2 Å². The van der Waals surface area contributed by atoms with Gasteiger partial charge in [0.15, 0.2) is 11.6 Å². The van der Waals surface area contributed by atoms with Crippen molar-refractivity contribution in [3.05, 3.63) is 16.9 Å². The number of aromatic nitrogens is 3. The van der Waals surface area contributed by atoms with Gasteiger partial charge in [0.05, 0.1) is 16.9 Å². The summed E-state index contributed by atoms with van der Waals surface area (Å²) in [5.74, 6) is 1.05. The molecule has 7 heteroatoms. The van der Waals surface area contributed by atoms with Crippen molar-refractivity contribution in [2.24, 2.45) is 0 Å². The van der Waals surface area contributed by atoms with Crippen molar-refractivity contribution in [1.29, 1.82) is 0 Å². The molecule has 0 aromatic carbocycles. The Morgan fingerprint density at radius 3 is 2.63 bits per heavy atom. The van der Waals surface area contributed by atoms with Crippen molar-refractivity contribution in [2.45, 2.75) is 33.1 Å². The average Bonchev–Trinajstić information content (AvgIpc) is 2.76. The first-order valence-electron chi connectivity index (χ1n) is 6.06. The highest BCUT2D eigenvalue weighted by molar-refractivity contribution is 7.13. The zero-order valence-corrected chi connectivity index (χ0v) is 12.0. The molecular formula is C12H17N5OS. The molecule has 0 fully saturated rings. The minimum Gasteiger partial charge on any atom is -0.439 e. The van der Waals surface area contributed by atoms with Gasteiger partial charge in [-0.05, 0) is 6.42 Å². The first-order valence-corrected chi connectivity index (χ1v) is 6.88. The lowest BCUT2D eigenvalue weighted by Crippen LogP contribution is -2.01. The molecule has 102 valence electrons. The maximum absolute atomic E-state index is 5.79. The summed E-state index contributed by atoms with van der Waals surface area (Å²) in [5.41, 5.74) is 12.1. The van der Waals surface area contributed by atoms with Gasteiger partial charge in [-0.25, -0.2) is 9.97 Å². The van der Waals surface area contributed by atoms with Gasteiger partial charge in [-0.1, -0.05) is 32.1 Å². The van der Waals surface area contributed by atoms with E-state index >= 15 is 0 Å². The summed E-state index contributed by atoms with van der Waals surface area (Å²) in [4.78, 5) is 12.3. The molecule has 0 atom stereocenters. The number of aryl methyl sites for hydroxylation is 1. The molecule has 0 unspecified atom stereocenters. The third-order valence-corrected chi connectivity index (χ3v) is 3.61. The van der Waals surface area contributed by atoms with Crippen molar-refractivity contribution in [3.63, 3.8) is 0 Å². The summed E-state index contributed by atoms with van der Waals surface area (Å²) in [6, 6.07) is 0. The molecule has 4 N–H and O–H groups in total. The van der Waals surface area contributed by atoms with Crippen molar-refractivity contribution < 1.29 is 4.74 Å². The largest absolute Gasteiger partial charge is 0.439 e. The first-order chi connectivity index (χ1) is 9.01. The van der Waals surface area contributed by atoms with Crippen LogP contribution >= 0.6 is 11.3 Å². The Labute approximate surface area is 115 Å². The van der Waals surface area contributed by atoms with E-state index in [1.807, 2.05) is 0 Å². The maximum atomic E-state index is 5.79. The monoisotopic (exact) mass is 279 g/mol. The fourth-order valence-corrected chi connectivity index (χ4v) is 2.55. The van der Waals surface area contributed by atoms with Crippen molar-refractivity contribution in [3.8, 4) is 10.8 Å². The van der Waals surface area contributed by atoms with Crippen molar-refractivity contribution in [1.82, 2.24) is 15.0 Å². The van der Waals surface area contributed by atoms with Crippen LogP contribution in [0, 0.1) is 0 Å². The predicted molar refractivity (Wildman–Crippen MR) is 76.5 cm³/mol. The molecular weight excluding hydrogens is 262 g/mol. The van der Waals surface area contributed by atoms with Crippen LogP contribution in [-0.4, -0.2) is 15.0 Å². The number of ether oxygens (including phenoxy) is 1. The van der Waals surface area contributed by atoms with Gasteiger partial charge in [0.2, 0.25) is 11.0 Å². The molecule has 0 radical (unpaired) electrons. The van der Waals surface area contributed by atoms with Gasteiger partial charge in [-0.15, -0.1) is 0 Å². The second-order valence-corrected chi connectivity index (χ2v) is 5.41. The third kappa shape index (κ3) is 2.93. The highest BCUT2D eigenvalue weighted by Gasteiger charge is 2.17. The number of nitrogens with two attached hydrogens (primary N) is 2. The van der Waals surface area contributed by atoms with Crippen LogP contribution in [0.2, 0.25) is 0 Å². The number of thiazole rings is 1. The second-order valence-electron chi connectivity index (χ2n) is 4.37. The van der Waals surface area contributed by atoms with Gasteiger partial charge in [-0.2, -0.15) is 4.98 Å². The van der Waals surface area contributed by atoms with E-state index in [0.717, 1.165) is 22.2 Å². The fourth-order valence-electron chi connectivity index (χ4n) is 1.53. The Hall–Kier alpha value is -1.89. The summed E-state index contributed by atoms with van der Waals surface area (Å²) >= 11 is 1.52. The second kappa shape index (κ2) is 5.40. The summed E-state index contributed by atoms with van der Waals surface area (Å²) in [7, 11) is 0. The zero-order valence-electron chi connectivity index (χ0n) is 11.2. The maximum Gasteiger partial charge on any atom is 0.222 e. The van der Waals surface area contributed by atoms with E-state index in [1.165, 1.54) is 17.5 Å². The molecule has 0 saturated heterocycles. The number of rotatable bonds is 4. The molecule has 0 spiro atoms.